The van der Waals surface area contributed by atoms with Crippen molar-refractivity contribution in [3.8, 4) is 0 Å². The smallest absolute Gasteiger partial charge is 0.155 e. The molecule has 1 rings (SSSR count). The molecule has 60 valence electrons. The molecule has 0 aromatic heterocycles. The lowest BCUT2D eigenvalue weighted by Gasteiger charge is -2.05. The van der Waals surface area contributed by atoms with Crippen molar-refractivity contribution in [3.05, 3.63) is 24.8 Å². The van der Waals surface area contributed by atoms with Gasteiger partial charge in [-0.3, -0.25) is 4.79 Å². The number of hydrogen-bond acceptors (Lipinski definition) is 1. The third kappa shape index (κ3) is 2.71. The van der Waals surface area contributed by atoms with Crippen LogP contribution in [0.4, 0.5) is 0 Å². The van der Waals surface area contributed by atoms with Gasteiger partial charge in [-0.15, -0.1) is 6.58 Å². The Hall–Kier alpha value is -0.850. The highest BCUT2D eigenvalue weighted by molar-refractivity contribution is 5.89. The van der Waals surface area contributed by atoms with E-state index in [1.165, 1.54) is 0 Å². The monoisotopic (exact) mass is 150 g/mol. The van der Waals surface area contributed by atoms with E-state index in [1.807, 2.05) is 12.2 Å². The fourth-order valence-corrected chi connectivity index (χ4v) is 1.37. The highest BCUT2D eigenvalue weighted by Crippen LogP contribution is 2.18. The molecule has 0 spiro atoms. The minimum absolute atomic E-state index is 0.275. The summed E-state index contributed by atoms with van der Waals surface area (Å²) >= 11 is 0. The Morgan fingerprint density at radius 2 is 2.55 bits per heavy atom. The molecular weight excluding hydrogens is 136 g/mol. The van der Waals surface area contributed by atoms with Crippen molar-refractivity contribution in [2.75, 3.05) is 0 Å². The number of hydrogen-bond donors (Lipinski definition) is 0. The average molecular weight is 150 g/mol. The van der Waals surface area contributed by atoms with E-state index >= 15 is 0 Å². The Morgan fingerprint density at radius 1 is 1.73 bits per heavy atom. The quantitative estimate of drug-likeness (QED) is 0.553. The van der Waals surface area contributed by atoms with Crippen LogP contribution in [0.2, 0.25) is 0 Å². The number of carbonyl (C=O) groups excluding carboxylic acids is 1. The van der Waals surface area contributed by atoms with E-state index in [1.54, 1.807) is 6.08 Å². The summed E-state index contributed by atoms with van der Waals surface area (Å²) in [5.74, 6) is 0.829. The predicted octanol–water partition coefficient (Wildman–Crippen LogP) is 2.49. The van der Waals surface area contributed by atoms with Crippen LogP contribution in [0.3, 0.4) is 0 Å². The number of allylic oxidation sites excluding steroid dienone is 3. The Labute approximate surface area is 67.8 Å². The number of carbonyl (C=O) groups is 1. The van der Waals surface area contributed by atoms with Crippen molar-refractivity contribution < 1.29 is 4.79 Å². The van der Waals surface area contributed by atoms with Gasteiger partial charge in [0.05, 0.1) is 0 Å². The molecule has 1 atom stereocenters. The maximum Gasteiger partial charge on any atom is 0.155 e. The molecule has 0 fully saturated rings. The lowest BCUT2D eigenvalue weighted by atomic mass is 10.0. The molecule has 1 heteroatoms. The zero-order chi connectivity index (χ0) is 8.10. The van der Waals surface area contributed by atoms with E-state index in [0.29, 0.717) is 5.92 Å². The first-order valence-corrected chi connectivity index (χ1v) is 4.15. The van der Waals surface area contributed by atoms with Crippen LogP contribution in [0.1, 0.15) is 25.7 Å². The molecule has 0 radical (unpaired) electrons. The fourth-order valence-electron chi connectivity index (χ4n) is 1.37. The van der Waals surface area contributed by atoms with Gasteiger partial charge in [0, 0.05) is 6.42 Å². The molecule has 0 amide bonds. The van der Waals surface area contributed by atoms with Crippen LogP contribution in [0.5, 0.6) is 0 Å². The van der Waals surface area contributed by atoms with Crippen LogP contribution in [-0.4, -0.2) is 5.78 Å². The second kappa shape index (κ2) is 4.12. The maximum atomic E-state index is 10.9. The highest BCUT2D eigenvalue weighted by atomic mass is 16.1. The van der Waals surface area contributed by atoms with Gasteiger partial charge in [0.15, 0.2) is 5.78 Å². The van der Waals surface area contributed by atoms with Crippen molar-refractivity contribution in [1.82, 2.24) is 0 Å². The van der Waals surface area contributed by atoms with Crippen LogP contribution >= 0.6 is 0 Å². The lowest BCUT2D eigenvalue weighted by molar-refractivity contribution is -0.114. The third-order valence-electron chi connectivity index (χ3n) is 2.02. The van der Waals surface area contributed by atoms with Crippen molar-refractivity contribution in [2.24, 2.45) is 5.92 Å². The van der Waals surface area contributed by atoms with Gasteiger partial charge in [0.25, 0.3) is 0 Å². The summed E-state index contributed by atoms with van der Waals surface area (Å²) in [5, 5.41) is 0. The number of ketones is 1. The molecule has 0 aromatic rings. The molecule has 0 heterocycles. The minimum Gasteiger partial charge on any atom is -0.295 e. The summed E-state index contributed by atoms with van der Waals surface area (Å²) in [7, 11) is 0. The van der Waals surface area contributed by atoms with E-state index in [2.05, 4.69) is 6.58 Å². The van der Waals surface area contributed by atoms with E-state index in [4.69, 9.17) is 0 Å². The van der Waals surface area contributed by atoms with E-state index in [-0.39, 0.29) is 5.78 Å². The Bertz CT molecular complexity index is 179. The number of rotatable bonds is 2. The molecule has 0 aromatic carbocycles. The Morgan fingerprint density at radius 3 is 3.27 bits per heavy atom. The van der Waals surface area contributed by atoms with Gasteiger partial charge in [-0.2, -0.15) is 0 Å². The van der Waals surface area contributed by atoms with Crippen molar-refractivity contribution in [2.45, 2.75) is 25.7 Å². The van der Waals surface area contributed by atoms with E-state index in [9.17, 15) is 4.79 Å². The molecule has 0 saturated carbocycles. The van der Waals surface area contributed by atoms with Crippen LogP contribution in [-0.2, 0) is 4.79 Å². The molecule has 0 aliphatic heterocycles. The van der Waals surface area contributed by atoms with Gasteiger partial charge in [-0.25, -0.2) is 0 Å². The summed E-state index contributed by atoms with van der Waals surface area (Å²) in [6.45, 7) is 3.69. The maximum absolute atomic E-state index is 10.9. The van der Waals surface area contributed by atoms with Crippen LogP contribution in [0, 0.1) is 5.92 Å². The fraction of sp³-hybridized carbons (Fsp3) is 0.500. The first-order valence-electron chi connectivity index (χ1n) is 4.15. The molecule has 0 bridgehead atoms. The van der Waals surface area contributed by atoms with Gasteiger partial charge in [-0.1, -0.05) is 12.2 Å². The molecular formula is C10H14O. The Balaban J connectivity index is 2.48. The summed E-state index contributed by atoms with van der Waals surface area (Å²) in [4.78, 5) is 10.9. The van der Waals surface area contributed by atoms with Gasteiger partial charge < -0.3 is 0 Å². The molecule has 0 saturated heterocycles. The van der Waals surface area contributed by atoms with Crippen molar-refractivity contribution >= 4 is 5.78 Å². The van der Waals surface area contributed by atoms with E-state index < -0.39 is 0 Å². The largest absolute Gasteiger partial charge is 0.295 e. The summed E-state index contributed by atoms with van der Waals surface area (Å²) in [6, 6.07) is 0. The van der Waals surface area contributed by atoms with Crippen LogP contribution in [0.15, 0.2) is 24.8 Å². The van der Waals surface area contributed by atoms with Crippen molar-refractivity contribution in [3.63, 3.8) is 0 Å². The molecule has 1 aliphatic rings. The first-order chi connectivity index (χ1) is 5.33. The standard InChI is InChI=1S/C10H14O/c1-2-4-9-5-3-6-10(11)8-7-9/h2,7-9H,1,3-6H2. The van der Waals surface area contributed by atoms with Gasteiger partial charge in [0.1, 0.15) is 0 Å². The molecule has 1 unspecified atom stereocenters. The van der Waals surface area contributed by atoms with Crippen molar-refractivity contribution in [1.29, 1.82) is 0 Å². The molecule has 0 N–H and O–H groups in total. The molecule has 11 heavy (non-hydrogen) atoms. The van der Waals surface area contributed by atoms with Gasteiger partial charge >= 0.3 is 0 Å². The van der Waals surface area contributed by atoms with Gasteiger partial charge in [0.2, 0.25) is 0 Å². The van der Waals surface area contributed by atoms with E-state index in [0.717, 1.165) is 25.7 Å². The first kappa shape index (κ1) is 8.25. The summed E-state index contributed by atoms with van der Waals surface area (Å²) in [5.41, 5.74) is 0. The summed E-state index contributed by atoms with van der Waals surface area (Å²) < 4.78 is 0. The lowest BCUT2D eigenvalue weighted by Crippen LogP contribution is -1.92. The topological polar surface area (TPSA) is 17.1 Å². The van der Waals surface area contributed by atoms with Crippen LogP contribution < -0.4 is 0 Å². The zero-order valence-electron chi connectivity index (χ0n) is 6.75. The predicted molar refractivity (Wildman–Crippen MR) is 46.3 cm³/mol. The van der Waals surface area contributed by atoms with Gasteiger partial charge in [-0.05, 0) is 31.3 Å². The second-order valence-corrected chi connectivity index (χ2v) is 3.00. The second-order valence-electron chi connectivity index (χ2n) is 3.00. The molecule has 1 aliphatic carbocycles. The summed E-state index contributed by atoms with van der Waals surface area (Å²) in [6.07, 6.45) is 9.56. The highest BCUT2D eigenvalue weighted by Gasteiger charge is 2.08. The SMILES string of the molecule is C=CCC1C=CC(=O)CCC1. The Kier molecular flexibility index (Phi) is 3.09. The normalized spacial score (nSPS) is 24.7. The zero-order valence-corrected chi connectivity index (χ0v) is 6.75. The minimum atomic E-state index is 0.275. The average Bonchev–Trinajstić information content (AvgIpc) is 2.17. The third-order valence-corrected chi connectivity index (χ3v) is 2.02. The van der Waals surface area contributed by atoms with Crippen LogP contribution in [0.25, 0.3) is 0 Å². The molecule has 1 nitrogen and oxygen atoms in total.